The van der Waals surface area contributed by atoms with Crippen LogP contribution in [0.2, 0.25) is 0 Å². The van der Waals surface area contributed by atoms with Crippen LogP contribution in [-0.2, 0) is 14.3 Å². The largest absolute Gasteiger partial charge is 0.508 e. The minimum absolute atomic E-state index is 0.0363. The van der Waals surface area contributed by atoms with Gasteiger partial charge in [-0.25, -0.2) is 0 Å². The lowest BCUT2D eigenvalue weighted by molar-refractivity contribution is -0.152. The molecule has 6 atom stereocenters. The van der Waals surface area contributed by atoms with Crippen LogP contribution in [0.15, 0.2) is 18.2 Å². The van der Waals surface area contributed by atoms with Crippen molar-refractivity contribution in [2.24, 2.45) is 17.8 Å². The van der Waals surface area contributed by atoms with Crippen molar-refractivity contribution in [2.75, 3.05) is 13.7 Å². The van der Waals surface area contributed by atoms with Crippen LogP contribution in [0.4, 0.5) is 0 Å². The highest BCUT2D eigenvalue weighted by Crippen LogP contribution is 2.58. The summed E-state index contributed by atoms with van der Waals surface area (Å²) in [5, 5.41) is 10.1. The molecule has 3 aliphatic rings. The second-order valence-corrected chi connectivity index (χ2v) is 13.7. The van der Waals surface area contributed by atoms with E-state index in [1.165, 1.54) is 101 Å². The van der Waals surface area contributed by atoms with Crippen LogP contribution in [0.5, 0.6) is 5.75 Å². The second-order valence-electron chi connectivity index (χ2n) is 13.7. The van der Waals surface area contributed by atoms with E-state index >= 15 is 0 Å². The number of hydrogen-bond acceptors (Lipinski definition) is 4. The molecule has 0 radical (unpaired) electrons. The fraction of sp³-hybridized carbons (Fsp3) is 0.811. The minimum Gasteiger partial charge on any atom is -0.508 e. The lowest BCUT2D eigenvalue weighted by atomic mass is 9.58. The van der Waals surface area contributed by atoms with E-state index in [-0.39, 0.29) is 12.1 Å². The first kappa shape index (κ1) is 32.4. The van der Waals surface area contributed by atoms with E-state index in [0.29, 0.717) is 48.4 Å². The number of aromatic hydroxyl groups is 1. The molecule has 1 N–H and O–H groups in total. The maximum atomic E-state index is 12.8. The molecule has 0 saturated heterocycles. The van der Waals surface area contributed by atoms with Gasteiger partial charge in [-0.15, -0.1) is 0 Å². The third-order valence-corrected chi connectivity index (χ3v) is 10.8. The molecule has 41 heavy (non-hydrogen) atoms. The summed E-state index contributed by atoms with van der Waals surface area (Å²) in [6, 6.07) is 5.99. The van der Waals surface area contributed by atoms with Crippen molar-refractivity contribution >= 4 is 5.97 Å². The summed E-state index contributed by atoms with van der Waals surface area (Å²) in [5.74, 6) is 3.09. The number of ether oxygens (including phenoxy) is 2. The Kier molecular flexibility index (Phi) is 13.8. The van der Waals surface area contributed by atoms with Crippen LogP contribution in [0.25, 0.3) is 0 Å². The van der Waals surface area contributed by atoms with Crippen LogP contribution < -0.4 is 0 Å². The Hall–Kier alpha value is -1.55. The maximum Gasteiger partial charge on any atom is 0.306 e. The number of benzene rings is 1. The van der Waals surface area contributed by atoms with Gasteiger partial charge >= 0.3 is 5.97 Å². The summed E-state index contributed by atoms with van der Waals surface area (Å²) in [5.41, 5.74) is 2.71. The molecule has 4 nitrogen and oxygen atoms in total. The Morgan fingerprint density at radius 1 is 0.756 bits per heavy atom. The molecule has 0 aromatic heterocycles. The van der Waals surface area contributed by atoms with Crippen molar-refractivity contribution < 1.29 is 19.4 Å². The van der Waals surface area contributed by atoms with Gasteiger partial charge in [0.2, 0.25) is 0 Å². The summed E-state index contributed by atoms with van der Waals surface area (Å²) >= 11 is 0. The second kappa shape index (κ2) is 17.5. The van der Waals surface area contributed by atoms with E-state index < -0.39 is 0 Å². The zero-order chi connectivity index (χ0) is 28.9. The van der Waals surface area contributed by atoms with Gasteiger partial charge in [-0.05, 0) is 85.5 Å². The standard InChI is InChI=1S/C37H60O4/c1-3-4-5-6-7-8-9-10-11-12-13-14-15-16-17-18-37(39)41-36-24-23-32-33(36)22-21-31-30-20-19-29(38)26-34(30)28(27-40-2)25-35(31)32/h19-20,26,28,31-33,35-36,38H,3-18,21-25,27H2,1-2H3/t28-,31+,32+,33?,35+,36-/m0/s1. The van der Waals surface area contributed by atoms with Gasteiger partial charge in [-0.3, -0.25) is 4.79 Å². The molecule has 0 aliphatic heterocycles. The number of unbranched alkanes of at least 4 members (excludes halogenated alkanes) is 14. The molecule has 0 spiro atoms. The van der Waals surface area contributed by atoms with E-state index in [2.05, 4.69) is 13.0 Å². The maximum absolute atomic E-state index is 12.8. The molecule has 1 aromatic carbocycles. The predicted octanol–water partition coefficient (Wildman–Crippen LogP) is 10.2. The van der Waals surface area contributed by atoms with Gasteiger partial charge in [0.05, 0.1) is 6.61 Å². The number of carbonyl (C=O) groups is 1. The molecule has 2 saturated carbocycles. The average molecular weight is 569 g/mol. The number of carbonyl (C=O) groups excluding carboxylic acids is 1. The van der Waals surface area contributed by atoms with Gasteiger partial charge in [-0.1, -0.05) is 103 Å². The Morgan fingerprint density at radius 3 is 2.00 bits per heavy atom. The molecule has 1 unspecified atom stereocenters. The first-order valence-electron chi connectivity index (χ1n) is 17.6. The lowest BCUT2D eigenvalue weighted by Gasteiger charge is -2.47. The molecule has 2 fully saturated rings. The van der Waals surface area contributed by atoms with Crippen molar-refractivity contribution in [3.8, 4) is 5.75 Å². The van der Waals surface area contributed by atoms with Gasteiger partial charge < -0.3 is 14.6 Å². The smallest absolute Gasteiger partial charge is 0.306 e. The zero-order valence-electron chi connectivity index (χ0n) is 26.4. The van der Waals surface area contributed by atoms with Crippen LogP contribution >= 0.6 is 0 Å². The zero-order valence-corrected chi connectivity index (χ0v) is 26.4. The molecule has 232 valence electrons. The average Bonchev–Trinajstić information content (AvgIpc) is 3.38. The highest BCUT2D eigenvalue weighted by atomic mass is 16.5. The van der Waals surface area contributed by atoms with Crippen molar-refractivity contribution in [2.45, 2.75) is 160 Å². The Bertz CT molecular complexity index is 897. The molecular weight excluding hydrogens is 508 g/mol. The number of rotatable bonds is 19. The number of methoxy groups -OCH3 is 1. The van der Waals surface area contributed by atoms with Crippen molar-refractivity contribution in [3.63, 3.8) is 0 Å². The number of phenols is 1. The van der Waals surface area contributed by atoms with Crippen LogP contribution in [0, 0.1) is 17.8 Å². The predicted molar refractivity (Wildman–Crippen MR) is 168 cm³/mol. The molecule has 3 aliphatic carbocycles. The first-order chi connectivity index (χ1) is 20.1. The van der Waals surface area contributed by atoms with Gasteiger partial charge in [0.1, 0.15) is 11.9 Å². The van der Waals surface area contributed by atoms with E-state index in [9.17, 15) is 9.90 Å². The molecule has 4 rings (SSSR count). The third kappa shape index (κ3) is 9.47. The summed E-state index contributed by atoms with van der Waals surface area (Å²) in [4.78, 5) is 12.8. The molecule has 1 aromatic rings. The van der Waals surface area contributed by atoms with E-state index in [1.54, 1.807) is 7.11 Å². The van der Waals surface area contributed by atoms with Gasteiger partial charge in [0.25, 0.3) is 0 Å². The van der Waals surface area contributed by atoms with Crippen LogP contribution in [0.3, 0.4) is 0 Å². The molecule has 0 bridgehead atoms. The number of hydrogen-bond donors (Lipinski definition) is 1. The molecular formula is C37H60O4. The van der Waals surface area contributed by atoms with Gasteiger partial charge in [-0.2, -0.15) is 0 Å². The number of esters is 1. The highest BCUT2D eigenvalue weighted by molar-refractivity contribution is 5.69. The van der Waals surface area contributed by atoms with Crippen molar-refractivity contribution in [1.82, 2.24) is 0 Å². The topological polar surface area (TPSA) is 55.8 Å². The Morgan fingerprint density at radius 2 is 1.37 bits per heavy atom. The van der Waals surface area contributed by atoms with E-state index in [4.69, 9.17) is 9.47 Å². The summed E-state index contributed by atoms with van der Waals surface area (Å²) in [6.45, 7) is 2.99. The van der Waals surface area contributed by atoms with E-state index in [0.717, 1.165) is 38.5 Å². The molecule has 0 heterocycles. The lowest BCUT2D eigenvalue weighted by Crippen LogP contribution is -2.39. The normalized spacial score (nSPS) is 26.8. The van der Waals surface area contributed by atoms with Gasteiger partial charge in [0, 0.05) is 19.4 Å². The highest BCUT2D eigenvalue weighted by Gasteiger charge is 2.50. The number of phenolic OH excluding ortho intramolecular Hbond substituents is 1. The fourth-order valence-electron chi connectivity index (χ4n) is 8.68. The summed E-state index contributed by atoms with van der Waals surface area (Å²) < 4.78 is 11.7. The van der Waals surface area contributed by atoms with E-state index in [1.807, 2.05) is 12.1 Å². The quantitative estimate of drug-likeness (QED) is 0.133. The third-order valence-electron chi connectivity index (χ3n) is 10.8. The molecule has 4 heteroatoms. The van der Waals surface area contributed by atoms with Crippen molar-refractivity contribution in [3.05, 3.63) is 29.3 Å². The fourth-order valence-corrected chi connectivity index (χ4v) is 8.68. The van der Waals surface area contributed by atoms with Crippen molar-refractivity contribution in [1.29, 1.82) is 0 Å². The van der Waals surface area contributed by atoms with Gasteiger partial charge in [0.15, 0.2) is 0 Å². The first-order valence-corrected chi connectivity index (χ1v) is 17.6. The molecule has 0 amide bonds. The summed E-state index contributed by atoms with van der Waals surface area (Å²) in [7, 11) is 1.78. The minimum atomic E-state index is 0.0363. The monoisotopic (exact) mass is 568 g/mol. The Balaban J connectivity index is 1.08. The summed E-state index contributed by atoms with van der Waals surface area (Å²) in [6.07, 6.45) is 26.5. The number of fused-ring (bicyclic) bond motifs is 5. The Labute approximate surface area is 251 Å². The van der Waals surface area contributed by atoms with Crippen LogP contribution in [-0.4, -0.2) is 30.9 Å². The SMILES string of the molecule is CCCCCCCCCCCCCCCCCC(=O)O[C@H]1CC[C@@H]2C1CC[C@@H]1c3ccc(O)cc3[C@H](COC)C[C@H]12. The van der Waals surface area contributed by atoms with Crippen LogP contribution in [0.1, 0.15) is 165 Å².